The molecule has 3 fully saturated rings. The average molecular weight is 418 g/mol. The number of hydrogen-bond donors (Lipinski definition) is 0. The van der Waals surface area contributed by atoms with Crippen molar-refractivity contribution in [3.63, 3.8) is 0 Å². The minimum absolute atomic E-state index is 0.0224. The van der Waals surface area contributed by atoms with Crippen LogP contribution in [0.2, 0.25) is 5.02 Å². The van der Waals surface area contributed by atoms with E-state index in [0.29, 0.717) is 43.3 Å². The van der Waals surface area contributed by atoms with Gasteiger partial charge in [0, 0.05) is 62.2 Å². The number of hydrogen-bond acceptors (Lipinski definition) is 3. The van der Waals surface area contributed by atoms with E-state index in [0.717, 1.165) is 25.8 Å². The molecule has 1 atom stereocenters. The van der Waals surface area contributed by atoms with Gasteiger partial charge in [0.25, 0.3) is 5.91 Å². The minimum Gasteiger partial charge on any atom is -0.342 e. The predicted molar refractivity (Wildman–Crippen MR) is 111 cm³/mol. The van der Waals surface area contributed by atoms with Gasteiger partial charge in [0.05, 0.1) is 5.41 Å². The number of likely N-dealkylation sites (tertiary alicyclic amines) is 3. The maximum Gasteiger partial charge on any atom is 0.253 e. The fourth-order valence-electron chi connectivity index (χ4n) is 5.64. The molecule has 2 spiro atoms. The fraction of sp³-hybridized carbons (Fsp3) is 0.591. The lowest BCUT2D eigenvalue weighted by atomic mass is 9.60. The molecule has 3 heterocycles. The zero-order valence-corrected chi connectivity index (χ0v) is 17.9. The van der Waals surface area contributed by atoms with E-state index in [-0.39, 0.29) is 23.1 Å². The molecule has 0 saturated carbocycles. The summed E-state index contributed by atoms with van der Waals surface area (Å²) in [7, 11) is 0. The summed E-state index contributed by atoms with van der Waals surface area (Å²) in [5.74, 6) is 0.200. The van der Waals surface area contributed by atoms with Crippen molar-refractivity contribution in [2.24, 2.45) is 10.8 Å². The molecule has 0 radical (unpaired) electrons. The van der Waals surface area contributed by atoms with Gasteiger partial charge in [-0.3, -0.25) is 14.4 Å². The molecule has 0 aliphatic carbocycles. The minimum atomic E-state index is -0.500. The van der Waals surface area contributed by atoms with Crippen molar-refractivity contribution in [3.05, 3.63) is 34.9 Å². The highest BCUT2D eigenvalue weighted by atomic mass is 35.5. The van der Waals surface area contributed by atoms with Crippen LogP contribution in [-0.4, -0.2) is 71.7 Å². The van der Waals surface area contributed by atoms with E-state index in [1.165, 1.54) is 0 Å². The van der Waals surface area contributed by atoms with Crippen LogP contribution in [0.1, 0.15) is 43.5 Å². The predicted octanol–water partition coefficient (Wildman–Crippen LogP) is 2.66. The molecular formula is C22H28ClN3O3. The molecule has 0 aromatic heterocycles. The van der Waals surface area contributed by atoms with Crippen LogP contribution in [0.4, 0.5) is 0 Å². The van der Waals surface area contributed by atoms with Gasteiger partial charge in [0.2, 0.25) is 11.8 Å². The van der Waals surface area contributed by atoms with Crippen molar-refractivity contribution >= 4 is 29.3 Å². The van der Waals surface area contributed by atoms with E-state index < -0.39 is 5.41 Å². The Morgan fingerprint density at radius 2 is 1.79 bits per heavy atom. The second-order valence-corrected chi connectivity index (χ2v) is 9.11. The van der Waals surface area contributed by atoms with E-state index >= 15 is 0 Å². The first-order valence-corrected chi connectivity index (χ1v) is 10.8. The molecule has 3 amide bonds. The maximum atomic E-state index is 13.4. The van der Waals surface area contributed by atoms with E-state index in [2.05, 4.69) is 0 Å². The number of carbonyl (C=O) groups excluding carboxylic acids is 3. The van der Waals surface area contributed by atoms with Gasteiger partial charge in [-0.15, -0.1) is 0 Å². The standard InChI is InChI=1S/C22H28ClN3O3/c1-3-24-12-9-22(20(24)29)15-26(16(2)27)14-21(22)7-10-25(11-8-21)19(28)17-5-4-6-18(23)13-17/h4-6,13H,3,7-12,14-15H2,1-2H3/t22-/m1/s1. The third-order valence-corrected chi connectivity index (χ3v) is 7.62. The van der Waals surface area contributed by atoms with Gasteiger partial charge in [-0.05, 0) is 44.4 Å². The lowest BCUT2D eigenvalue weighted by Crippen LogP contribution is -2.53. The topological polar surface area (TPSA) is 60.9 Å². The molecule has 1 aromatic rings. The van der Waals surface area contributed by atoms with E-state index in [4.69, 9.17) is 11.6 Å². The van der Waals surface area contributed by atoms with Crippen molar-refractivity contribution in [2.75, 3.05) is 39.3 Å². The molecule has 7 heteroatoms. The lowest BCUT2D eigenvalue weighted by molar-refractivity contribution is -0.141. The van der Waals surface area contributed by atoms with Crippen molar-refractivity contribution in [1.29, 1.82) is 0 Å². The Morgan fingerprint density at radius 3 is 2.38 bits per heavy atom. The summed E-state index contributed by atoms with van der Waals surface area (Å²) >= 11 is 6.05. The number of piperidine rings is 1. The number of halogens is 1. The Kier molecular flexibility index (Phi) is 5.09. The van der Waals surface area contributed by atoms with E-state index in [1.807, 2.05) is 21.6 Å². The number of benzene rings is 1. The fourth-order valence-corrected chi connectivity index (χ4v) is 5.84. The van der Waals surface area contributed by atoms with Gasteiger partial charge in [0.15, 0.2) is 0 Å². The monoisotopic (exact) mass is 417 g/mol. The van der Waals surface area contributed by atoms with Gasteiger partial charge in [0.1, 0.15) is 0 Å². The smallest absolute Gasteiger partial charge is 0.253 e. The molecule has 6 nitrogen and oxygen atoms in total. The van der Waals surface area contributed by atoms with Gasteiger partial charge >= 0.3 is 0 Å². The third kappa shape index (κ3) is 3.12. The highest BCUT2D eigenvalue weighted by Gasteiger charge is 2.65. The van der Waals surface area contributed by atoms with Crippen LogP contribution in [0.3, 0.4) is 0 Å². The molecule has 0 bridgehead atoms. The van der Waals surface area contributed by atoms with Crippen LogP contribution in [0.15, 0.2) is 24.3 Å². The van der Waals surface area contributed by atoms with Gasteiger partial charge < -0.3 is 14.7 Å². The third-order valence-electron chi connectivity index (χ3n) is 7.38. The second kappa shape index (κ2) is 7.31. The Hall–Kier alpha value is -2.08. The first kappa shape index (κ1) is 20.2. The zero-order valence-electron chi connectivity index (χ0n) is 17.1. The summed E-state index contributed by atoms with van der Waals surface area (Å²) in [6.07, 6.45) is 2.28. The van der Waals surface area contributed by atoms with Crippen molar-refractivity contribution in [2.45, 2.75) is 33.1 Å². The van der Waals surface area contributed by atoms with Crippen LogP contribution < -0.4 is 0 Å². The summed E-state index contributed by atoms with van der Waals surface area (Å²) in [6.45, 7) is 7.38. The van der Waals surface area contributed by atoms with Crippen LogP contribution >= 0.6 is 11.6 Å². The van der Waals surface area contributed by atoms with Gasteiger partial charge in [-0.2, -0.15) is 0 Å². The Balaban J connectivity index is 1.57. The normalized spacial score (nSPS) is 26.0. The summed E-state index contributed by atoms with van der Waals surface area (Å²) in [6, 6.07) is 7.02. The number of carbonyl (C=O) groups is 3. The van der Waals surface area contributed by atoms with E-state index in [1.54, 1.807) is 31.2 Å². The zero-order chi connectivity index (χ0) is 20.8. The molecule has 1 aromatic carbocycles. The molecule has 3 aliphatic heterocycles. The summed E-state index contributed by atoms with van der Waals surface area (Å²) in [5.41, 5.74) is -0.154. The summed E-state index contributed by atoms with van der Waals surface area (Å²) in [5, 5.41) is 0.549. The molecular weight excluding hydrogens is 390 g/mol. The van der Waals surface area contributed by atoms with Crippen LogP contribution in [-0.2, 0) is 9.59 Å². The summed E-state index contributed by atoms with van der Waals surface area (Å²) < 4.78 is 0. The van der Waals surface area contributed by atoms with Crippen LogP contribution in [0, 0.1) is 10.8 Å². The van der Waals surface area contributed by atoms with E-state index in [9.17, 15) is 14.4 Å². The number of amides is 3. The molecule has 3 saturated heterocycles. The quantitative estimate of drug-likeness (QED) is 0.743. The number of rotatable bonds is 2. The highest BCUT2D eigenvalue weighted by Crippen LogP contribution is 2.57. The molecule has 4 rings (SSSR count). The molecule has 156 valence electrons. The highest BCUT2D eigenvalue weighted by molar-refractivity contribution is 6.30. The first-order valence-electron chi connectivity index (χ1n) is 10.4. The number of fused-ring (bicyclic) bond motifs is 1. The second-order valence-electron chi connectivity index (χ2n) is 8.67. The largest absolute Gasteiger partial charge is 0.342 e. The van der Waals surface area contributed by atoms with Crippen LogP contribution in [0.5, 0.6) is 0 Å². The molecule has 0 N–H and O–H groups in total. The van der Waals surface area contributed by atoms with Gasteiger partial charge in [-0.25, -0.2) is 0 Å². The van der Waals surface area contributed by atoms with Gasteiger partial charge in [-0.1, -0.05) is 17.7 Å². The number of nitrogens with zero attached hydrogens (tertiary/aromatic N) is 3. The van der Waals surface area contributed by atoms with Crippen molar-refractivity contribution in [3.8, 4) is 0 Å². The Morgan fingerprint density at radius 1 is 1.07 bits per heavy atom. The molecule has 29 heavy (non-hydrogen) atoms. The van der Waals surface area contributed by atoms with Crippen molar-refractivity contribution < 1.29 is 14.4 Å². The lowest BCUT2D eigenvalue weighted by Gasteiger charge is -2.46. The van der Waals surface area contributed by atoms with Crippen molar-refractivity contribution in [1.82, 2.24) is 14.7 Å². The summed E-state index contributed by atoms with van der Waals surface area (Å²) in [4.78, 5) is 44.1. The first-order chi connectivity index (χ1) is 13.8. The Bertz CT molecular complexity index is 849. The average Bonchev–Trinajstić information content (AvgIpc) is 3.21. The SMILES string of the molecule is CCN1CC[C@@]2(CN(C(C)=O)CC23CCN(C(=O)c2cccc(Cl)c2)CC3)C1=O. The van der Waals surface area contributed by atoms with Crippen LogP contribution in [0.25, 0.3) is 0 Å². The maximum absolute atomic E-state index is 13.4. The molecule has 3 aliphatic rings. The molecule has 0 unspecified atom stereocenters. The Labute approximate surface area is 176 Å².